The summed E-state index contributed by atoms with van der Waals surface area (Å²) in [5.41, 5.74) is 2.53. The van der Waals surface area contributed by atoms with Crippen LogP contribution in [0.5, 0.6) is 0 Å². The van der Waals surface area contributed by atoms with Crippen molar-refractivity contribution in [2.24, 2.45) is 0 Å². The first kappa shape index (κ1) is 17.2. The number of anilines is 1. The second-order valence-corrected chi connectivity index (χ2v) is 6.94. The maximum Gasteiger partial charge on any atom is 0.293 e. The second-order valence-electron chi connectivity index (χ2n) is 5.99. The third-order valence-electron chi connectivity index (χ3n) is 4.23. The molecule has 0 bridgehead atoms. The van der Waals surface area contributed by atoms with Crippen LogP contribution in [0.4, 0.5) is 5.69 Å². The number of carbonyl (C=O) groups is 1. The van der Waals surface area contributed by atoms with Crippen molar-refractivity contribution in [3.63, 3.8) is 0 Å². The Bertz CT molecular complexity index is 1160. The molecule has 0 saturated carbocycles. The van der Waals surface area contributed by atoms with Crippen LogP contribution in [0.3, 0.4) is 0 Å². The molecule has 0 radical (unpaired) electrons. The van der Waals surface area contributed by atoms with Crippen molar-refractivity contribution >= 4 is 28.4 Å². The number of hydrogen-bond donors (Lipinski definition) is 1. The number of benzene rings is 1. The Morgan fingerprint density at radius 1 is 1.22 bits per heavy atom. The van der Waals surface area contributed by atoms with E-state index in [1.54, 1.807) is 17.4 Å². The number of carbonyl (C=O) groups excluding carboxylic acids is 1. The van der Waals surface area contributed by atoms with Gasteiger partial charge in [0.2, 0.25) is 5.91 Å². The minimum Gasteiger partial charge on any atom is -0.324 e. The molecule has 27 heavy (non-hydrogen) atoms. The molecule has 0 saturated heterocycles. The van der Waals surface area contributed by atoms with Crippen molar-refractivity contribution in [2.75, 3.05) is 5.32 Å². The van der Waals surface area contributed by atoms with E-state index in [1.807, 2.05) is 48.7 Å². The topological polar surface area (TPSA) is 81.3 Å². The highest BCUT2D eigenvalue weighted by atomic mass is 32.1. The first-order valence-corrected chi connectivity index (χ1v) is 9.41. The molecule has 1 N–H and O–H groups in total. The van der Waals surface area contributed by atoms with Gasteiger partial charge in [-0.15, -0.1) is 11.3 Å². The van der Waals surface area contributed by atoms with Gasteiger partial charge in [0, 0.05) is 5.69 Å². The summed E-state index contributed by atoms with van der Waals surface area (Å²) in [5.74, 6) is -0.298. The summed E-state index contributed by atoms with van der Waals surface area (Å²) in [5, 5.41) is 13.3. The minimum atomic E-state index is -0.355. The number of hydrogen-bond acceptors (Lipinski definition) is 5. The molecule has 136 valence electrons. The molecule has 7 nitrogen and oxygen atoms in total. The van der Waals surface area contributed by atoms with Crippen LogP contribution < -0.4 is 10.9 Å². The van der Waals surface area contributed by atoms with Crippen molar-refractivity contribution in [1.29, 1.82) is 0 Å². The lowest BCUT2D eigenvalue weighted by Crippen LogP contribution is -2.30. The molecule has 0 aliphatic heterocycles. The molecule has 1 amide bonds. The van der Waals surface area contributed by atoms with Gasteiger partial charge in [0.1, 0.15) is 24.1 Å². The average Bonchev–Trinajstić information content (AvgIpc) is 3.34. The maximum atomic E-state index is 12.7. The van der Waals surface area contributed by atoms with Gasteiger partial charge in [-0.1, -0.05) is 31.2 Å². The van der Waals surface area contributed by atoms with E-state index >= 15 is 0 Å². The van der Waals surface area contributed by atoms with Gasteiger partial charge < -0.3 is 5.32 Å². The first-order chi connectivity index (χ1) is 13.2. The van der Waals surface area contributed by atoms with Crippen LogP contribution in [-0.2, 0) is 17.8 Å². The normalized spacial score (nSPS) is 11.0. The number of para-hydroxylation sites is 1. The zero-order chi connectivity index (χ0) is 18.8. The molecule has 0 unspecified atom stereocenters. The van der Waals surface area contributed by atoms with E-state index in [2.05, 4.69) is 15.5 Å². The predicted molar refractivity (Wildman–Crippen MR) is 105 cm³/mol. The molecule has 4 aromatic rings. The summed E-state index contributed by atoms with van der Waals surface area (Å²) in [6, 6.07) is 13.2. The van der Waals surface area contributed by atoms with Gasteiger partial charge >= 0.3 is 0 Å². The Hall–Kier alpha value is -3.26. The Labute approximate surface area is 158 Å². The Balaban J connectivity index is 1.59. The number of nitrogens with zero attached hydrogens (tertiary/aromatic N) is 4. The Morgan fingerprint density at radius 2 is 2.07 bits per heavy atom. The predicted octanol–water partition coefficient (Wildman–Crippen LogP) is 2.82. The standard InChI is InChI=1S/C19H17N5O2S/c1-2-13-6-3-4-7-14(13)21-18(25)11-23-19(26)16-10-15(17-8-5-9-27-17)22-24(16)12-20-23/h3-10,12H,2,11H2,1H3,(H,21,25). The first-order valence-electron chi connectivity index (χ1n) is 8.53. The van der Waals surface area contributed by atoms with Gasteiger partial charge in [0.25, 0.3) is 5.56 Å². The van der Waals surface area contributed by atoms with Crippen LogP contribution in [0, 0.1) is 0 Å². The number of fused-ring (bicyclic) bond motifs is 1. The number of rotatable bonds is 5. The van der Waals surface area contributed by atoms with E-state index < -0.39 is 0 Å². The molecule has 0 spiro atoms. The van der Waals surface area contributed by atoms with Crippen LogP contribution in [0.2, 0.25) is 0 Å². The van der Waals surface area contributed by atoms with Crippen molar-refractivity contribution in [1.82, 2.24) is 19.4 Å². The molecule has 0 aliphatic carbocycles. The summed E-state index contributed by atoms with van der Waals surface area (Å²) in [4.78, 5) is 26.1. The third kappa shape index (κ3) is 3.39. The van der Waals surface area contributed by atoms with Gasteiger partial charge in [-0.25, -0.2) is 9.20 Å². The van der Waals surface area contributed by atoms with Crippen LogP contribution in [0.25, 0.3) is 16.1 Å². The van der Waals surface area contributed by atoms with E-state index in [-0.39, 0.29) is 18.0 Å². The molecule has 1 aromatic carbocycles. The van der Waals surface area contributed by atoms with Crippen LogP contribution in [0.1, 0.15) is 12.5 Å². The van der Waals surface area contributed by atoms with Gasteiger partial charge in [0.15, 0.2) is 0 Å². The molecule has 4 rings (SSSR count). The fraction of sp³-hybridized carbons (Fsp3) is 0.158. The summed E-state index contributed by atoms with van der Waals surface area (Å²) in [7, 11) is 0. The maximum absolute atomic E-state index is 12.7. The lowest BCUT2D eigenvalue weighted by atomic mass is 10.1. The van der Waals surface area contributed by atoms with Gasteiger partial charge in [-0.2, -0.15) is 10.2 Å². The van der Waals surface area contributed by atoms with E-state index in [4.69, 9.17) is 0 Å². The third-order valence-corrected chi connectivity index (χ3v) is 5.12. The number of aromatic nitrogens is 4. The summed E-state index contributed by atoms with van der Waals surface area (Å²) < 4.78 is 2.59. The van der Waals surface area contributed by atoms with Crippen molar-refractivity contribution < 1.29 is 4.79 Å². The van der Waals surface area contributed by atoms with Crippen molar-refractivity contribution in [2.45, 2.75) is 19.9 Å². The van der Waals surface area contributed by atoms with Crippen LogP contribution in [0.15, 0.2) is 59.0 Å². The average molecular weight is 379 g/mol. The van der Waals surface area contributed by atoms with Gasteiger partial charge in [-0.05, 0) is 35.6 Å². The molecule has 8 heteroatoms. The number of amides is 1. The highest BCUT2D eigenvalue weighted by Crippen LogP contribution is 2.23. The number of nitrogens with one attached hydrogen (secondary N) is 1. The Morgan fingerprint density at radius 3 is 2.85 bits per heavy atom. The minimum absolute atomic E-state index is 0.160. The molecular weight excluding hydrogens is 362 g/mol. The fourth-order valence-electron chi connectivity index (χ4n) is 2.87. The largest absolute Gasteiger partial charge is 0.324 e. The lowest BCUT2D eigenvalue weighted by molar-refractivity contribution is -0.117. The van der Waals surface area contributed by atoms with E-state index in [9.17, 15) is 9.59 Å². The van der Waals surface area contributed by atoms with Gasteiger partial charge in [-0.3, -0.25) is 9.59 Å². The fourth-order valence-corrected chi connectivity index (χ4v) is 3.55. The second kappa shape index (κ2) is 7.16. The number of thiophene rings is 1. The van der Waals surface area contributed by atoms with E-state index in [0.29, 0.717) is 11.2 Å². The smallest absolute Gasteiger partial charge is 0.293 e. The highest BCUT2D eigenvalue weighted by Gasteiger charge is 2.13. The molecule has 3 heterocycles. The molecule has 3 aromatic heterocycles. The van der Waals surface area contributed by atoms with Crippen molar-refractivity contribution in [3.8, 4) is 10.6 Å². The van der Waals surface area contributed by atoms with Gasteiger partial charge in [0.05, 0.1) is 4.88 Å². The summed E-state index contributed by atoms with van der Waals surface area (Å²) in [6.07, 6.45) is 2.25. The monoisotopic (exact) mass is 379 g/mol. The van der Waals surface area contributed by atoms with Crippen molar-refractivity contribution in [3.05, 3.63) is 70.1 Å². The van der Waals surface area contributed by atoms with Crippen LogP contribution in [-0.4, -0.2) is 25.3 Å². The highest BCUT2D eigenvalue weighted by molar-refractivity contribution is 7.13. The Kier molecular flexibility index (Phi) is 4.55. The van der Waals surface area contributed by atoms with Crippen LogP contribution >= 0.6 is 11.3 Å². The SMILES string of the molecule is CCc1ccccc1NC(=O)Cn1ncn2nc(-c3cccs3)cc2c1=O. The summed E-state index contributed by atoms with van der Waals surface area (Å²) >= 11 is 1.55. The summed E-state index contributed by atoms with van der Waals surface area (Å²) in [6.45, 7) is 1.86. The quantitative estimate of drug-likeness (QED) is 0.578. The molecule has 0 fully saturated rings. The van der Waals surface area contributed by atoms with E-state index in [1.165, 1.54) is 10.8 Å². The lowest BCUT2D eigenvalue weighted by Gasteiger charge is -2.10. The number of aryl methyl sites for hydroxylation is 1. The zero-order valence-electron chi connectivity index (χ0n) is 14.6. The molecular formula is C19H17N5O2S. The van der Waals surface area contributed by atoms with E-state index in [0.717, 1.165) is 27.2 Å². The zero-order valence-corrected chi connectivity index (χ0v) is 15.4. The molecule has 0 aliphatic rings. The molecule has 0 atom stereocenters.